The van der Waals surface area contributed by atoms with Crippen molar-refractivity contribution in [2.24, 2.45) is 11.8 Å². The fraction of sp³-hybridized carbons (Fsp3) is 0.517. The van der Waals surface area contributed by atoms with Crippen LogP contribution in [0.3, 0.4) is 0 Å². The Labute approximate surface area is 220 Å². The largest absolute Gasteiger partial charge is 0.492 e. The highest BCUT2D eigenvalue weighted by Crippen LogP contribution is 2.59. The molecule has 1 saturated heterocycles. The molecular formula is C29H31NO8. The molecule has 38 heavy (non-hydrogen) atoms. The molecular weight excluding hydrogens is 490 g/mol. The molecule has 4 atom stereocenters. The summed E-state index contributed by atoms with van der Waals surface area (Å²) in [6.45, 7) is 0.392. The van der Waals surface area contributed by atoms with Crippen molar-refractivity contribution in [2.75, 3.05) is 27.3 Å². The van der Waals surface area contributed by atoms with E-state index < -0.39 is 11.8 Å². The van der Waals surface area contributed by atoms with Crippen LogP contribution in [0.4, 0.5) is 0 Å². The summed E-state index contributed by atoms with van der Waals surface area (Å²) >= 11 is 0. The summed E-state index contributed by atoms with van der Waals surface area (Å²) in [4.78, 5) is 27.4. The fourth-order valence-corrected chi connectivity index (χ4v) is 7.01. The number of cyclic esters (lactones) is 1. The zero-order chi connectivity index (χ0) is 25.8. The highest BCUT2D eigenvalue weighted by molar-refractivity contribution is 5.89. The van der Waals surface area contributed by atoms with Crippen LogP contribution in [0.15, 0.2) is 24.3 Å². The summed E-state index contributed by atoms with van der Waals surface area (Å²) in [6, 6.07) is 7.83. The van der Waals surface area contributed by atoms with Gasteiger partial charge >= 0.3 is 5.97 Å². The van der Waals surface area contributed by atoms with Crippen LogP contribution in [0.5, 0.6) is 28.7 Å². The Balaban J connectivity index is 1.39. The first-order chi connectivity index (χ1) is 18.6. The van der Waals surface area contributed by atoms with Gasteiger partial charge in [-0.15, -0.1) is 0 Å². The lowest BCUT2D eigenvalue weighted by Gasteiger charge is -2.40. The van der Waals surface area contributed by atoms with Gasteiger partial charge in [-0.2, -0.15) is 0 Å². The average Bonchev–Trinajstić information content (AvgIpc) is 3.63. The molecule has 3 heterocycles. The van der Waals surface area contributed by atoms with Crippen LogP contribution < -0.4 is 29.0 Å². The molecule has 2 fully saturated rings. The number of hydrogen-bond donors (Lipinski definition) is 1. The number of esters is 1. The molecule has 9 nitrogen and oxygen atoms in total. The minimum atomic E-state index is -0.635. The van der Waals surface area contributed by atoms with E-state index in [9.17, 15) is 9.59 Å². The Morgan fingerprint density at radius 2 is 1.66 bits per heavy atom. The van der Waals surface area contributed by atoms with Crippen molar-refractivity contribution >= 4 is 11.9 Å². The van der Waals surface area contributed by atoms with E-state index in [4.69, 9.17) is 28.4 Å². The zero-order valence-electron chi connectivity index (χ0n) is 21.3. The molecule has 0 spiro atoms. The molecule has 4 unspecified atom stereocenters. The third-order valence-electron chi connectivity index (χ3n) is 8.72. The van der Waals surface area contributed by atoms with E-state index in [1.165, 1.54) is 12.8 Å². The van der Waals surface area contributed by atoms with Crippen molar-refractivity contribution in [1.29, 1.82) is 0 Å². The number of benzene rings is 2. The number of nitrogens with one attached hydrogen (secondary N) is 1. The second-order valence-corrected chi connectivity index (χ2v) is 10.7. The van der Waals surface area contributed by atoms with Crippen molar-refractivity contribution in [3.63, 3.8) is 0 Å². The number of methoxy groups -OCH3 is 1. The molecule has 1 saturated carbocycles. The Morgan fingerprint density at radius 1 is 0.895 bits per heavy atom. The van der Waals surface area contributed by atoms with Crippen molar-refractivity contribution in [2.45, 2.75) is 56.4 Å². The number of fused-ring (bicyclic) bond motifs is 5. The molecule has 1 N–H and O–H groups in total. The fourth-order valence-electron chi connectivity index (χ4n) is 7.01. The predicted molar refractivity (Wildman–Crippen MR) is 134 cm³/mol. The van der Waals surface area contributed by atoms with Gasteiger partial charge < -0.3 is 33.7 Å². The first-order valence-electron chi connectivity index (χ1n) is 13.5. The van der Waals surface area contributed by atoms with E-state index >= 15 is 0 Å². The molecule has 2 aromatic carbocycles. The van der Waals surface area contributed by atoms with Crippen molar-refractivity contribution in [3.8, 4) is 28.7 Å². The lowest BCUT2D eigenvalue weighted by atomic mass is 9.62. The van der Waals surface area contributed by atoms with Gasteiger partial charge in [-0.3, -0.25) is 9.59 Å². The molecule has 0 aromatic heterocycles. The van der Waals surface area contributed by atoms with E-state index in [1.54, 1.807) is 7.11 Å². The summed E-state index contributed by atoms with van der Waals surface area (Å²) in [6.07, 6.45) is 6.56. The molecule has 2 aromatic rings. The van der Waals surface area contributed by atoms with Gasteiger partial charge in [0.1, 0.15) is 0 Å². The van der Waals surface area contributed by atoms with Crippen LogP contribution in [0.25, 0.3) is 0 Å². The molecule has 0 radical (unpaired) electrons. The van der Waals surface area contributed by atoms with E-state index in [-0.39, 0.29) is 49.9 Å². The minimum Gasteiger partial charge on any atom is -0.492 e. The maximum Gasteiger partial charge on any atom is 0.314 e. The van der Waals surface area contributed by atoms with E-state index in [0.717, 1.165) is 36.8 Å². The highest BCUT2D eigenvalue weighted by atomic mass is 16.7. The molecule has 3 aliphatic heterocycles. The lowest BCUT2D eigenvalue weighted by Crippen LogP contribution is -2.47. The summed E-state index contributed by atoms with van der Waals surface area (Å²) in [5.41, 5.74) is 2.42. The number of ether oxygens (including phenoxy) is 6. The van der Waals surface area contributed by atoms with Gasteiger partial charge in [0, 0.05) is 23.4 Å². The van der Waals surface area contributed by atoms with Crippen molar-refractivity contribution in [3.05, 3.63) is 41.0 Å². The van der Waals surface area contributed by atoms with Crippen LogP contribution >= 0.6 is 0 Å². The first-order valence-corrected chi connectivity index (χ1v) is 13.5. The Kier molecular flexibility index (Phi) is 5.74. The quantitative estimate of drug-likeness (QED) is 0.476. The van der Waals surface area contributed by atoms with Gasteiger partial charge in [0.2, 0.25) is 25.2 Å². The maximum atomic E-state index is 14.2. The molecule has 200 valence electrons. The zero-order valence-corrected chi connectivity index (χ0v) is 21.3. The lowest BCUT2D eigenvalue weighted by molar-refractivity contribution is -0.139. The second kappa shape index (κ2) is 9.29. The number of amides is 1. The number of hydrogen-bond acceptors (Lipinski definition) is 8. The summed E-state index contributed by atoms with van der Waals surface area (Å²) in [5, 5.41) is 3.37. The first kappa shape index (κ1) is 23.5. The van der Waals surface area contributed by atoms with Crippen LogP contribution in [-0.2, 0) is 14.3 Å². The summed E-state index contributed by atoms with van der Waals surface area (Å²) in [5.74, 6) is 0.504. The predicted octanol–water partition coefficient (Wildman–Crippen LogP) is 4.01. The minimum absolute atomic E-state index is 0.0462. The molecule has 7 rings (SSSR count). The standard InChI is InChI=1S/C29H31NO8/c1-33-27-23-17(11-21-26(27)38-14-37-21)22(15-8-9-19-20(10-15)36-13-35-19)24(18-12-34-29(32)25(18)23)28(31)30-16-6-4-2-3-5-7-16/h8-11,16,18,22,24-25H,2-7,12-14H2,1H3,(H,30,31). The second-order valence-electron chi connectivity index (χ2n) is 10.7. The van der Waals surface area contributed by atoms with Gasteiger partial charge in [0.15, 0.2) is 23.0 Å². The maximum absolute atomic E-state index is 14.2. The normalized spacial score (nSPS) is 27.2. The van der Waals surface area contributed by atoms with Crippen molar-refractivity contribution in [1.82, 2.24) is 5.32 Å². The van der Waals surface area contributed by atoms with Crippen LogP contribution in [0, 0.1) is 11.8 Å². The number of carbonyl (C=O) groups is 2. The number of rotatable bonds is 4. The van der Waals surface area contributed by atoms with Gasteiger partial charge in [0.25, 0.3) is 0 Å². The summed E-state index contributed by atoms with van der Waals surface area (Å²) in [7, 11) is 1.56. The monoisotopic (exact) mass is 521 g/mol. The SMILES string of the molecule is COc1c2c(cc3c1C1C(=O)OCC1C(C(=O)NC1CCCCCC1)C3c1ccc3c(c1)OCO3)OCO2. The molecule has 5 aliphatic rings. The Bertz CT molecular complexity index is 1280. The van der Waals surface area contributed by atoms with E-state index in [0.29, 0.717) is 34.3 Å². The summed E-state index contributed by atoms with van der Waals surface area (Å²) < 4.78 is 34.2. The van der Waals surface area contributed by atoms with Crippen LogP contribution in [0.2, 0.25) is 0 Å². The third kappa shape index (κ3) is 3.66. The third-order valence-corrected chi connectivity index (χ3v) is 8.72. The average molecular weight is 522 g/mol. The molecule has 2 aliphatic carbocycles. The smallest absolute Gasteiger partial charge is 0.314 e. The highest BCUT2D eigenvalue weighted by Gasteiger charge is 2.56. The van der Waals surface area contributed by atoms with Gasteiger partial charge in [-0.05, 0) is 42.2 Å². The molecule has 0 bridgehead atoms. The van der Waals surface area contributed by atoms with Gasteiger partial charge in [-0.1, -0.05) is 31.7 Å². The number of carbonyl (C=O) groups excluding carboxylic acids is 2. The topological polar surface area (TPSA) is 102 Å². The van der Waals surface area contributed by atoms with Crippen LogP contribution in [0.1, 0.15) is 67.1 Å². The van der Waals surface area contributed by atoms with E-state index in [2.05, 4.69) is 5.32 Å². The molecule has 9 heteroatoms. The Morgan fingerprint density at radius 3 is 2.47 bits per heavy atom. The van der Waals surface area contributed by atoms with Crippen LogP contribution in [-0.4, -0.2) is 45.2 Å². The van der Waals surface area contributed by atoms with E-state index in [1.807, 2.05) is 24.3 Å². The Hall–Kier alpha value is -3.62. The van der Waals surface area contributed by atoms with Gasteiger partial charge in [0.05, 0.1) is 25.6 Å². The van der Waals surface area contributed by atoms with Gasteiger partial charge in [-0.25, -0.2) is 0 Å². The van der Waals surface area contributed by atoms with Crippen molar-refractivity contribution < 1.29 is 38.0 Å². The molecule has 1 amide bonds.